The largest absolute Gasteiger partial charge is 0.391 e. The Balaban J connectivity index is 1.45. The van der Waals surface area contributed by atoms with Crippen molar-refractivity contribution in [2.24, 2.45) is 5.41 Å². The van der Waals surface area contributed by atoms with Crippen LogP contribution in [0.15, 0.2) is 30.3 Å². The molecule has 7 heteroatoms. The van der Waals surface area contributed by atoms with Crippen molar-refractivity contribution in [3.8, 4) is 0 Å². The van der Waals surface area contributed by atoms with Gasteiger partial charge in [0.2, 0.25) is 15.9 Å². The summed E-state index contributed by atoms with van der Waals surface area (Å²) in [5, 5.41) is 12.0. The first-order valence-corrected chi connectivity index (χ1v) is 9.43. The maximum atomic E-state index is 12.7. The van der Waals surface area contributed by atoms with Gasteiger partial charge < -0.3 is 10.4 Å². The summed E-state index contributed by atoms with van der Waals surface area (Å²) in [6.07, 6.45) is 0.401. The van der Waals surface area contributed by atoms with Crippen molar-refractivity contribution in [1.29, 1.82) is 0 Å². The van der Waals surface area contributed by atoms with E-state index in [1.165, 1.54) is 4.31 Å². The van der Waals surface area contributed by atoms with E-state index in [1.807, 2.05) is 30.3 Å². The van der Waals surface area contributed by atoms with Crippen LogP contribution in [0.3, 0.4) is 0 Å². The molecule has 0 aromatic heterocycles. The zero-order valence-electron chi connectivity index (χ0n) is 12.7. The van der Waals surface area contributed by atoms with Crippen LogP contribution in [0.4, 0.5) is 0 Å². The van der Waals surface area contributed by atoms with Gasteiger partial charge in [0.15, 0.2) is 0 Å². The van der Waals surface area contributed by atoms with Crippen molar-refractivity contribution in [3.63, 3.8) is 0 Å². The molecule has 1 spiro atoms. The SMILES string of the molecule is O=C1NCC(O)CC12CN(S(=O)(=O)[C@@H]1C[C@H]1c1ccccc1)C2. The summed E-state index contributed by atoms with van der Waals surface area (Å²) in [6, 6.07) is 9.68. The van der Waals surface area contributed by atoms with Crippen molar-refractivity contribution in [2.45, 2.75) is 30.1 Å². The summed E-state index contributed by atoms with van der Waals surface area (Å²) in [6.45, 7) is 0.637. The van der Waals surface area contributed by atoms with Crippen molar-refractivity contribution in [3.05, 3.63) is 35.9 Å². The molecule has 0 bridgehead atoms. The normalized spacial score (nSPS) is 33.1. The Morgan fingerprint density at radius 1 is 1.22 bits per heavy atom. The Morgan fingerprint density at radius 2 is 1.91 bits per heavy atom. The quantitative estimate of drug-likeness (QED) is 0.817. The molecule has 0 radical (unpaired) electrons. The van der Waals surface area contributed by atoms with Crippen LogP contribution in [-0.2, 0) is 14.8 Å². The van der Waals surface area contributed by atoms with Gasteiger partial charge in [-0.1, -0.05) is 30.3 Å². The van der Waals surface area contributed by atoms with Gasteiger partial charge in [0.25, 0.3) is 0 Å². The summed E-state index contributed by atoms with van der Waals surface area (Å²) < 4.78 is 26.8. The predicted octanol–water partition coefficient (Wildman–Crippen LogP) is 0.0551. The second-order valence-corrected chi connectivity index (χ2v) is 9.10. The number of hydrogen-bond acceptors (Lipinski definition) is 4. The van der Waals surface area contributed by atoms with Crippen LogP contribution in [0.5, 0.6) is 0 Å². The molecule has 1 aromatic carbocycles. The molecule has 2 heterocycles. The highest BCUT2D eigenvalue weighted by Gasteiger charge is 2.60. The number of piperidine rings is 1. The highest BCUT2D eigenvalue weighted by molar-refractivity contribution is 7.90. The number of rotatable bonds is 3. The van der Waals surface area contributed by atoms with Gasteiger partial charge in [0.05, 0.1) is 16.8 Å². The second kappa shape index (κ2) is 5.03. The maximum absolute atomic E-state index is 12.7. The Labute approximate surface area is 135 Å². The topological polar surface area (TPSA) is 86.7 Å². The van der Waals surface area contributed by atoms with Crippen molar-refractivity contribution in [1.82, 2.24) is 9.62 Å². The van der Waals surface area contributed by atoms with Crippen LogP contribution in [-0.4, -0.2) is 54.7 Å². The minimum absolute atomic E-state index is 0.0588. The number of aliphatic hydroxyl groups is 1. The minimum Gasteiger partial charge on any atom is -0.391 e. The van der Waals surface area contributed by atoms with Gasteiger partial charge in [0.1, 0.15) is 0 Å². The van der Waals surface area contributed by atoms with Gasteiger partial charge in [0, 0.05) is 25.6 Å². The minimum atomic E-state index is -3.37. The van der Waals surface area contributed by atoms with Crippen LogP contribution >= 0.6 is 0 Å². The number of aliphatic hydroxyl groups excluding tert-OH is 1. The van der Waals surface area contributed by atoms with E-state index in [4.69, 9.17) is 0 Å². The number of β-amino-alcohol motifs (C(OH)–C–C–N with tert-alkyl or cyclic N) is 1. The van der Waals surface area contributed by atoms with Gasteiger partial charge in [-0.3, -0.25) is 4.79 Å². The molecule has 1 amide bonds. The Bertz CT molecular complexity index is 728. The average molecular weight is 336 g/mol. The molecule has 1 unspecified atom stereocenters. The molecule has 4 rings (SSSR count). The molecule has 6 nitrogen and oxygen atoms in total. The number of hydrogen-bond donors (Lipinski definition) is 2. The molecule has 2 N–H and O–H groups in total. The fraction of sp³-hybridized carbons (Fsp3) is 0.562. The van der Waals surface area contributed by atoms with Gasteiger partial charge in [-0.05, 0) is 18.4 Å². The summed E-state index contributed by atoms with van der Waals surface area (Å²) in [7, 11) is -3.37. The zero-order chi connectivity index (χ0) is 16.2. The number of nitrogens with one attached hydrogen (secondary N) is 1. The molecule has 2 saturated heterocycles. The number of carbonyl (C=O) groups is 1. The highest BCUT2D eigenvalue weighted by atomic mass is 32.2. The van der Waals surface area contributed by atoms with Crippen LogP contribution < -0.4 is 5.32 Å². The van der Waals surface area contributed by atoms with E-state index in [2.05, 4.69) is 5.32 Å². The van der Waals surface area contributed by atoms with Gasteiger partial charge in [-0.15, -0.1) is 0 Å². The Kier molecular flexibility index (Phi) is 3.30. The van der Waals surface area contributed by atoms with Crippen LogP contribution in [0, 0.1) is 5.41 Å². The molecular weight excluding hydrogens is 316 g/mol. The lowest BCUT2D eigenvalue weighted by Gasteiger charge is -2.50. The number of sulfonamides is 1. The van der Waals surface area contributed by atoms with E-state index in [0.717, 1.165) is 5.56 Å². The van der Waals surface area contributed by atoms with Crippen molar-refractivity contribution < 1.29 is 18.3 Å². The van der Waals surface area contributed by atoms with E-state index in [0.29, 0.717) is 12.8 Å². The van der Waals surface area contributed by atoms with Crippen molar-refractivity contribution in [2.75, 3.05) is 19.6 Å². The third-order valence-corrected chi connectivity index (χ3v) is 7.53. The third kappa shape index (κ3) is 2.38. The van der Waals surface area contributed by atoms with Crippen LogP contribution in [0.2, 0.25) is 0 Å². The maximum Gasteiger partial charge on any atom is 0.229 e. The van der Waals surface area contributed by atoms with Gasteiger partial charge in [-0.25, -0.2) is 8.42 Å². The van der Waals surface area contributed by atoms with E-state index >= 15 is 0 Å². The first-order chi connectivity index (χ1) is 10.9. The van der Waals surface area contributed by atoms with E-state index in [-0.39, 0.29) is 36.7 Å². The molecule has 2 aliphatic heterocycles. The molecule has 3 atom stereocenters. The lowest BCUT2D eigenvalue weighted by molar-refractivity contribution is -0.145. The molecule has 1 aliphatic carbocycles. The molecular formula is C16H20N2O4S. The number of benzene rings is 1. The van der Waals surface area contributed by atoms with E-state index < -0.39 is 21.5 Å². The van der Waals surface area contributed by atoms with Crippen LogP contribution in [0.1, 0.15) is 24.3 Å². The second-order valence-electron chi connectivity index (χ2n) is 6.95. The Hall–Kier alpha value is -1.44. The zero-order valence-corrected chi connectivity index (χ0v) is 13.5. The number of amides is 1. The highest BCUT2D eigenvalue weighted by Crippen LogP contribution is 2.50. The molecule has 1 saturated carbocycles. The lowest BCUT2D eigenvalue weighted by Crippen LogP contribution is -2.68. The number of carbonyl (C=O) groups excluding carboxylic acids is 1. The van der Waals surface area contributed by atoms with Gasteiger partial charge >= 0.3 is 0 Å². The summed E-state index contributed by atoms with van der Waals surface area (Å²) in [5.74, 6) is -0.0758. The first kappa shape index (κ1) is 15.1. The number of nitrogens with zero attached hydrogens (tertiary/aromatic N) is 1. The van der Waals surface area contributed by atoms with Crippen LogP contribution in [0.25, 0.3) is 0 Å². The fourth-order valence-corrected chi connectivity index (χ4v) is 6.10. The monoisotopic (exact) mass is 336 g/mol. The Morgan fingerprint density at radius 3 is 2.61 bits per heavy atom. The van der Waals surface area contributed by atoms with E-state index in [1.54, 1.807) is 0 Å². The molecule has 1 aromatic rings. The standard InChI is InChI=1S/C16H20N2O4S/c19-12-7-16(15(20)17-8-12)9-18(10-16)23(21,22)14-6-13(14)11-4-2-1-3-5-11/h1-5,12-14,19H,6-10H2,(H,17,20)/t12?,13-,14+/m0/s1. The van der Waals surface area contributed by atoms with Gasteiger partial charge in [-0.2, -0.15) is 4.31 Å². The molecule has 23 heavy (non-hydrogen) atoms. The predicted molar refractivity (Wildman–Crippen MR) is 84.1 cm³/mol. The molecule has 3 aliphatic rings. The van der Waals surface area contributed by atoms with E-state index in [9.17, 15) is 18.3 Å². The third-order valence-electron chi connectivity index (χ3n) is 5.27. The lowest BCUT2D eigenvalue weighted by atomic mass is 9.74. The average Bonchev–Trinajstić information content (AvgIpc) is 3.29. The summed E-state index contributed by atoms with van der Waals surface area (Å²) in [5.41, 5.74) is 0.323. The fourth-order valence-electron chi connectivity index (χ4n) is 3.84. The smallest absolute Gasteiger partial charge is 0.229 e. The van der Waals surface area contributed by atoms with Crippen molar-refractivity contribution >= 4 is 15.9 Å². The summed E-state index contributed by atoms with van der Waals surface area (Å²) >= 11 is 0. The molecule has 3 fully saturated rings. The first-order valence-electron chi connectivity index (χ1n) is 7.93. The summed E-state index contributed by atoms with van der Waals surface area (Å²) in [4.78, 5) is 12.0. The molecule has 124 valence electrons.